The fraction of sp³-hybridized carbons (Fsp3) is 0.208. The average molecular weight is 481 g/mol. The van der Waals surface area contributed by atoms with Gasteiger partial charge in [-0.1, -0.05) is 36.4 Å². The van der Waals surface area contributed by atoms with Crippen LogP contribution < -0.4 is 9.44 Å². The molecule has 0 unspecified atom stereocenters. The van der Waals surface area contributed by atoms with Crippen LogP contribution in [0.4, 0.5) is 5.69 Å². The highest BCUT2D eigenvalue weighted by atomic mass is 32.2. The summed E-state index contributed by atoms with van der Waals surface area (Å²) in [4.78, 5) is 15.3. The van der Waals surface area contributed by atoms with Crippen LogP contribution in [0.3, 0.4) is 0 Å². The Morgan fingerprint density at radius 3 is 2.58 bits per heavy atom. The van der Waals surface area contributed by atoms with E-state index in [-0.39, 0.29) is 16.5 Å². The summed E-state index contributed by atoms with van der Waals surface area (Å²) in [6, 6.07) is 15.0. The zero-order valence-corrected chi connectivity index (χ0v) is 19.5. The zero-order valence-electron chi connectivity index (χ0n) is 17.9. The number of hydrogen-bond acceptors (Lipinski definition) is 6. The van der Waals surface area contributed by atoms with Gasteiger partial charge in [0.25, 0.3) is 15.9 Å². The highest BCUT2D eigenvalue weighted by Crippen LogP contribution is 2.35. The van der Waals surface area contributed by atoms with Gasteiger partial charge in [0.05, 0.1) is 29.1 Å². The summed E-state index contributed by atoms with van der Waals surface area (Å²) < 4.78 is 34.3. The van der Waals surface area contributed by atoms with Gasteiger partial charge < -0.3 is 9.62 Å². The average Bonchev–Trinajstić information content (AvgIpc) is 3.33. The Morgan fingerprint density at radius 2 is 1.79 bits per heavy atom. The van der Waals surface area contributed by atoms with Gasteiger partial charge in [0, 0.05) is 25.5 Å². The largest absolute Gasteiger partial charge is 0.339 e. The van der Waals surface area contributed by atoms with Crippen LogP contribution in [0.5, 0.6) is 0 Å². The summed E-state index contributed by atoms with van der Waals surface area (Å²) in [5.74, 6) is -0.150. The molecule has 3 aliphatic heterocycles. The molecule has 0 spiro atoms. The molecular weight excluding hydrogens is 456 g/mol. The molecule has 1 fully saturated rings. The number of rotatable bonds is 5. The molecule has 0 radical (unpaired) electrons. The van der Waals surface area contributed by atoms with Crippen LogP contribution in [0.2, 0.25) is 0 Å². The van der Waals surface area contributed by atoms with Crippen molar-refractivity contribution in [1.82, 2.24) is 13.9 Å². The molecule has 9 heteroatoms. The summed E-state index contributed by atoms with van der Waals surface area (Å²) >= 11 is 1.29. The predicted octanol–water partition coefficient (Wildman–Crippen LogP) is 4.44. The number of piperidine rings is 1. The molecule has 1 saturated heterocycles. The fourth-order valence-electron chi connectivity index (χ4n) is 4.16. The summed E-state index contributed by atoms with van der Waals surface area (Å²) in [7, 11) is -3.95. The number of sulfonamides is 1. The molecule has 2 N–H and O–H groups in total. The molecule has 3 aliphatic rings. The lowest BCUT2D eigenvalue weighted by Crippen LogP contribution is -2.36. The Morgan fingerprint density at radius 1 is 1.00 bits per heavy atom. The summed E-state index contributed by atoms with van der Waals surface area (Å²) in [5.41, 5.74) is 2.96. The van der Waals surface area contributed by atoms with Crippen LogP contribution in [0.15, 0.2) is 83.7 Å². The number of nitrogens with zero attached hydrogens (tertiary/aromatic N) is 2. The molecule has 2 aromatic carbocycles. The third-order valence-electron chi connectivity index (χ3n) is 5.84. The number of amides is 1. The lowest BCUT2D eigenvalue weighted by molar-refractivity contribution is 0.0725. The van der Waals surface area contributed by atoms with Crippen LogP contribution in [0.25, 0.3) is 11.1 Å². The number of allylic oxidation sites excluding steroid dienone is 2. The maximum atomic E-state index is 13.5. The normalized spacial score (nSPS) is 17.7. The Bertz CT molecular complexity index is 1260. The Kier molecular flexibility index (Phi) is 5.90. The van der Waals surface area contributed by atoms with Crippen LogP contribution >= 0.6 is 12.1 Å². The SMILES string of the molecule is O=C(c1ccc(-c2ccccc2)cc1NS(=O)(=O)C1=CC=CN2SNC=C12)N1CCCCC1. The number of fused-ring (bicyclic) bond motifs is 1. The van der Waals surface area contributed by atoms with Gasteiger partial charge in [-0.3, -0.25) is 13.8 Å². The smallest absolute Gasteiger partial charge is 0.264 e. The highest BCUT2D eigenvalue weighted by molar-refractivity contribution is 7.97. The van der Waals surface area contributed by atoms with Crippen molar-refractivity contribution in [3.8, 4) is 11.1 Å². The molecule has 170 valence electrons. The molecule has 0 bridgehead atoms. The first-order chi connectivity index (χ1) is 16.0. The first-order valence-corrected chi connectivity index (χ1v) is 13.1. The number of anilines is 1. The minimum atomic E-state index is -3.95. The quantitative estimate of drug-likeness (QED) is 0.616. The van der Waals surface area contributed by atoms with Crippen molar-refractivity contribution in [3.05, 3.63) is 89.2 Å². The second-order valence-corrected chi connectivity index (χ2v) is 10.5. The monoisotopic (exact) mass is 480 g/mol. The van der Waals surface area contributed by atoms with E-state index in [2.05, 4.69) is 9.44 Å². The Hall–Kier alpha value is -3.17. The van der Waals surface area contributed by atoms with E-state index < -0.39 is 10.0 Å². The molecule has 0 saturated carbocycles. The molecule has 2 aromatic rings. The number of nitrogens with one attached hydrogen (secondary N) is 2. The van der Waals surface area contributed by atoms with Gasteiger partial charge in [-0.15, -0.1) is 0 Å². The van der Waals surface area contributed by atoms with Crippen molar-refractivity contribution < 1.29 is 13.2 Å². The lowest BCUT2D eigenvalue weighted by atomic mass is 10.0. The van der Waals surface area contributed by atoms with E-state index in [0.717, 1.165) is 30.4 Å². The van der Waals surface area contributed by atoms with E-state index in [9.17, 15) is 13.2 Å². The maximum absolute atomic E-state index is 13.5. The van der Waals surface area contributed by atoms with E-state index in [1.54, 1.807) is 41.0 Å². The van der Waals surface area contributed by atoms with Gasteiger partial charge in [-0.25, -0.2) is 8.42 Å². The third kappa shape index (κ3) is 4.38. The van der Waals surface area contributed by atoms with Crippen LogP contribution in [-0.4, -0.2) is 36.6 Å². The molecule has 7 nitrogen and oxygen atoms in total. The van der Waals surface area contributed by atoms with Gasteiger partial charge in [0.2, 0.25) is 0 Å². The second kappa shape index (κ2) is 8.99. The van der Waals surface area contributed by atoms with E-state index in [1.807, 2.05) is 41.3 Å². The number of benzene rings is 2. The Labute approximate surface area is 198 Å². The maximum Gasteiger partial charge on any atom is 0.264 e. The highest BCUT2D eigenvalue weighted by Gasteiger charge is 2.31. The van der Waals surface area contributed by atoms with Gasteiger partial charge in [0.15, 0.2) is 0 Å². The van der Waals surface area contributed by atoms with Crippen molar-refractivity contribution in [2.75, 3.05) is 17.8 Å². The summed E-state index contributed by atoms with van der Waals surface area (Å²) in [6.07, 6.45) is 9.72. The zero-order chi connectivity index (χ0) is 22.8. The van der Waals surface area contributed by atoms with E-state index in [4.69, 9.17) is 0 Å². The van der Waals surface area contributed by atoms with Crippen LogP contribution in [0.1, 0.15) is 29.6 Å². The molecule has 0 aliphatic carbocycles. The van der Waals surface area contributed by atoms with Gasteiger partial charge >= 0.3 is 0 Å². The predicted molar refractivity (Wildman–Crippen MR) is 132 cm³/mol. The molecule has 3 heterocycles. The Balaban J connectivity index is 1.54. The van der Waals surface area contributed by atoms with Crippen molar-refractivity contribution in [3.63, 3.8) is 0 Å². The standard InChI is InChI=1S/C24H24N4O3S2/c29-24(27-13-5-2-6-14-27)20-12-11-19(18-8-3-1-4-9-18)16-21(20)26-33(30,31)23-10-7-15-28-22(23)17-25-32-28/h1,3-4,7-12,15-17,25-26H,2,5-6,13-14H2. The van der Waals surface area contributed by atoms with Crippen LogP contribution in [-0.2, 0) is 10.0 Å². The minimum absolute atomic E-state index is 0.143. The fourth-order valence-corrected chi connectivity index (χ4v) is 6.13. The first kappa shape index (κ1) is 21.7. The van der Waals surface area contributed by atoms with Gasteiger partial charge in [-0.2, -0.15) is 0 Å². The lowest BCUT2D eigenvalue weighted by Gasteiger charge is -2.28. The van der Waals surface area contributed by atoms with E-state index in [1.165, 1.54) is 12.1 Å². The van der Waals surface area contributed by atoms with Crippen LogP contribution in [0, 0.1) is 0 Å². The molecule has 33 heavy (non-hydrogen) atoms. The summed E-state index contributed by atoms with van der Waals surface area (Å²) in [5, 5.41) is 0. The van der Waals surface area contributed by atoms with Crippen molar-refractivity contribution >= 4 is 33.8 Å². The number of likely N-dealkylation sites (tertiary alicyclic amines) is 1. The summed E-state index contributed by atoms with van der Waals surface area (Å²) in [6.45, 7) is 1.37. The minimum Gasteiger partial charge on any atom is -0.339 e. The topological polar surface area (TPSA) is 81.8 Å². The van der Waals surface area contributed by atoms with Crippen molar-refractivity contribution in [2.45, 2.75) is 19.3 Å². The van der Waals surface area contributed by atoms with Gasteiger partial charge in [0.1, 0.15) is 4.91 Å². The molecule has 0 aromatic heterocycles. The molecule has 0 atom stereocenters. The third-order valence-corrected chi connectivity index (χ3v) is 7.99. The van der Waals surface area contributed by atoms with Crippen molar-refractivity contribution in [2.24, 2.45) is 0 Å². The first-order valence-electron chi connectivity index (χ1n) is 10.9. The van der Waals surface area contributed by atoms with Gasteiger partial charge in [-0.05, 0) is 54.7 Å². The van der Waals surface area contributed by atoms with Crippen molar-refractivity contribution in [1.29, 1.82) is 0 Å². The van der Waals surface area contributed by atoms with E-state index in [0.29, 0.717) is 24.4 Å². The number of carbonyl (C=O) groups is 1. The molecule has 1 amide bonds. The molecule has 5 rings (SSSR count). The second-order valence-electron chi connectivity index (χ2n) is 8.02. The number of hydrogen-bond donors (Lipinski definition) is 2. The van der Waals surface area contributed by atoms with E-state index >= 15 is 0 Å². The number of carbonyl (C=O) groups excluding carboxylic acids is 1. The molecular formula is C24H24N4O3S2.